The third-order valence-electron chi connectivity index (χ3n) is 5.84. The normalized spacial score (nSPS) is 11.7. The van der Waals surface area contributed by atoms with Gasteiger partial charge in [0.2, 0.25) is 0 Å². The van der Waals surface area contributed by atoms with E-state index in [2.05, 4.69) is 22.4 Å². The van der Waals surface area contributed by atoms with Crippen molar-refractivity contribution in [1.29, 1.82) is 0 Å². The Hall–Kier alpha value is -3.99. The largest absolute Gasteiger partial charge is 0.352 e. The standard InChI is InChI=1S/C28H27N3O2/c1-31(28(33)23-12-6-3-7-13-23)24(20-21-10-4-2-5-11-21)17-19-30-27(32)25-16-8-14-22-15-9-18-29-26(22)25/h2-16,18,24H,17,19-20H2,1H3,(H,30,32). The van der Waals surface area contributed by atoms with E-state index in [0.29, 0.717) is 36.0 Å². The number of hydrogen-bond acceptors (Lipinski definition) is 3. The third kappa shape index (κ3) is 5.44. The van der Waals surface area contributed by atoms with Crippen LogP contribution in [0.15, 0.2) is 97.2 Å². The molecule has 4 rings (SSSR count). The summed E-state index contributed by atoms with van der Waals surface area (Å²) in [7, 11) is 1.83. The lowest BCUT2D eigenvalue weighted by Gasteiger charge is -2.29. The summed E-state index contributed by atoms with van der Waals surface area (Å²) in [5.74, 6) is -0.184. The van der Waals surface area contributed by atoms with Crippen molar-refractivity contribution in [3.8, 4) is 0 Å². The van der Waals surface area contributed by atoms with Crippen LogP contribution < -0.4 is 5.32 Å². The summed E-state index contributed by atoms with van der Waals surface area (Å²) in [6.45, 7) is 0.450. The van der Waals surface area contributed by atoms with E-state index >= 15 is 0 Å². The van der Waals surface area contributed by atoms with Gasteiger partial charge in [0.25, 0.3) is 11.8 Å². The first-order valence-electron chi connectivity index (χ1n) is 11.1. The number of likely N-dealkylation sites (N-methyl/N-ethyl adjacent to an activating group) is 1. The molecular weight excluding hydrogens is 410 g/mol. The van der Waals surface area contributed by atoms with Crippen LogP contribution in [0.5, 0.6) is 0 Å². The Kier molecular flexibility index (Phi) is 7.10. The molecule has 3 aromatic carbocycles. The maximum Gasteiger partial charge on any atom is 0.253 e. The summed E-state index contributed by atoms with van der Waals surface area (Å²) in [5, 5.41) is 3.95. The molecule has 0 fully saturated rings. The number of rotatable bonds is 8. The average Bonchev–Trinajstić information content (AvgIpc) is 2.88. The van der Waals surface area contributed by atoms with Crippen LogP contribution in [0.1, 0.15) is 32.7 Å². The number of nitrogens with one attached hydrogen (secondary N) is 1. The Morgan fingerprint density at radius 3 is 2.33 bits per heavy atom. The summed E-state index contributed by atoms with van der Waals surface area (Å²) in [4.78, 5) is 32.1. The van der Waals surface area contributed by atoms with Crippen molar-refractivity contribution in [3.05, 3.63) is 114 Å². The molecule has 5 heteroatoms. The van der Waals surface area contributed by atoms with Crippen LogP contribution in [0.3, 0.4) is 0 Å². The monoisotopic (exact) mass is 437 g/mol. The maximum atomic E-state index is 13.1. The lowest BCUT2D eigenvalue weighted by molar-refractivity contribution is 0.0723. The lowest BCUT2D eigenvalue weighted by atomic mass is 10.0. The van der Waals surface area contributed by atoms with E-state index in [1.165, 1.54) is 0 Å². The fourth-order valence-electron chi connectivity index (χ4n) is 4.00. The molecule has 2 amide bonds. The van der Waals surface area contributed by atoms with Crippen molar-refractivity contribution < 1.29 is 9.59 Å². The predicted molar refractivity (Wildman–Crippen MR) is 131 cm³/mol. The van der Waals surface area contributed by atoms with E-state index in [4.69, 9.17) is 0 Å². The fourth-order valence-corrected chi connectivity index (χ4v) is 4.00. The molecule has 0 radical (unpaired) electrons. The fraction of sp³-hybridized carbons (Fsp3) is 0.179. The molecule has 1 N–H and O–H groups in total. The van der Waals surface area contributed by atoms with Crippen molar-refractivity contribution in [3.63, 3.8) is 0 Å². The number of carbonyl (C=O) groups excluding carboxylic acids is 2. The van der Waals surface area contributed by atoms with Crippen LogP contribution in [0, 0.1) is 0 Å². The van der Waals surface area contributed by atoms with Crippen LogP contribution in [-0.4, -0.2) is 41.3 Å². The van der Waals surface area contributed by atoms with Crippen molar-refractivity contribution in [2.75, 3.05) is 13.6 Å². The van der Waals surface area contributed by atoms with Crippen molar-refractivity contribution >= 4 is 22.7 Å². The number of nitrogens with zero attached hydrogens (tertiary/aromatic N) is 2. The first kappa shape index (κ1) is 22.2. The van der Waals surface area contributed by atoms with Crippen LogP contribution in [-0.2, 0) is 6.42 Å². The average molecular weight is 438 g/mol. The van der Waals surface area contributed by atoms with E-state index < -0.39 is 0 Å². The first-order chi connectivity index (χ1) is 16.1. The van der Waals surface area contributed by atoms with Gasteiger partial charge in [0, 0.05) is 36.8 Å². The first-order valence-corrected chi connectivity index (χ1v) is 11.1. The zero-order valence-electron chi connectivity index (χ0n) is 18.6. The summed E-state index contributed by atoms with van der Waals surface area (Å²) in [6, 6.07) is 28.7. The highest BCUT2D eigenvalue weighted by Crippen LogP contribution is 2.17. The van der Waals surface area contributed by atoms with Gasteiger partial charge in [-0.3, -0.25) is 14.6 Å². The van der Waals surface area contributed by atoms with Crippen molar-refractivity contribution in [2.45, 2.75) is 18.9 Å². The molecule has 1 heterocycles. The smallest absolute Gasteiger partial charge is 0.253 e. The number of fused-ring (bicyclic) bond motifs is 1. The van der Waals surface area contributed by atoms with Gasteiger partial charge in [0.05, 0.1) is 11.1 Å². The highest BCUT2D eigenvalue weighted by Gasteiger charge is 2.22. The minimum absolute atomic E-state index is 0.0267. The molecule has 1 atom stereocenters. The van der Waals surface area contributed by atoms with Gasteiger partial charge in [-0.15, -0.1) is 0 Å². The van der Waals surface area contributed by atoms with Gasteiger partial charge >= 0.3 is 0 Å². The van der Waals surface area contributed by atoms with Crippen LogP contribution >= 0.6 is 0 Å². The summed E-state index contributed by atoms with van der Waals surface area (Å²) < 4.78 is 0. The number of aromatic nitrogens is 1. The summed E-state index contributed by atoms with van der Waals surface area (Å²) in [6.07, 6.45) is 3.04. The summed E-state index contributed by atoms with van der Waals surface area (Å²) >= 11 is 0. The van der Waals surface area contributed by atoms with E-state index in [-0.39, 0.29) is 17.9 Å². The number of amides is 2. The van der Waals surface area contributed by atoms with Gasteiger partial charge in [0.15, 0.2) is 0 Å². The van der Waals surface area contributed by atoms with Crippen molar-refractivity contribution in [1.82, 2.24) is 15.2 Å². The van der Waals surface area contributed by atoms with Crippen molar-refractivity contribution in [2.24, 2.45) is 0 Å². The molecule has 0 saturated heterocycles. The Balaban J connectivity index is 1.46. The number of para-hydroxylation sites is 1. The number of carbonyl (C=O) groups is 2. The molecule has 166 valence electrons. The topological polar surface area (TPSA) is 62.3 Å². The highest BCUT2D eigenvalue weighted by atomic mass is 16.2. The van der Waals surface area contributed by atoms with Gasteiger partial charge in [-0.05, 0) is 42.7 Å². The molecular formula is C28H27N3O2. The Bertz CT molecular complexity index is 1220. The van der Waals surface area contributed by atoms with Gasteiger partial charge in [-0.2, -0.15) is 0 Å². The van der Waals surface area contributed by atoms with Gasteiger partial charge in [-0.1, -0.05) is 66.7 Å². The lowest BCUT2D eigenvalue weighted by Crippen LogP contribution is -2.41. The SMILES string of the molecule is CN(C(=O)c1ccccc1)C(CCNC(=O)c1cccc2cccnc12)Cc1ccccc1. The molecule has 0 spiro atoms. The molecule has 0 aliphatic heterocycles. The molecule has 1 aromatic heterocycles. The molecule has 0 bridgehead atoms. The van der Waals surface area contributed by atoms with Crippen LogP contribution in [0.25, 0.3) is 10.9 Å². The number of hydrogen-bond donors (Lipinski definition) is 1. The highest BCUT2D eigenvalue weighted by molar-refractivity contribution is 6.05. The van der Waals surface area contributed by atoms with Gasteiger partial charge < -0.3 is 10.2 Å². The van der Waals surface area contributed by atoms with Crippen LogP contribution in [0.4, 0.5) is 0 Å². The second kappa shape index (κ2) is 10.6. The van der Waals surface area contributed by atoms with E-state index in [0.717, 1.165) is 10.9 Å². The molecule has 4 aromatic rings. The second-order valence-corrected chi connectivity index (χ2v) is 8.05. The minimum atomic E-state index is -0.158. The quantitative estimate of drug-likeness (QED) is 0.433. The number of pyridine rings is 1. The maximum absolute atomic E-state index is 13.1. The minimum Gasteiger partial charge on any atom is -0.352 e. The molecule has 33 heavy (non-hydrogen) atoms. The van der Waals surface area contributed by atoms with E-state index in [1.54, 1.807) is 17.2 Å². The molecule has 0 aliphatic carbocycles. The molecule has 0 saturated carbocycles. The van der Waals surface area contributed by atoms with E-state index in [1.807, 2.05) is 79.8 Å². The Morgan fingerprint density at radius 1 is 0.879 bits per heavy atom. The van der Waals surface area contributed by atoms with Crippen LogP contribution in [0.2, 0.25) is 0 Å². The second-order valence-electron chi connectivity index (χ2n) is 8.05. The predicted octanol–water partition coefficient (Wildman–Crippen LogP) is 4.74. The summed E-state index contributed by atoms with van der Waals surface area (Å²) in [5.41, 5.74) is 3.06. The molecule has 0 aliphatic rings. The zero-order valence-corrected chi connectivity index (χ0v) is 18.6. The number of benzene rings is 3. The Labute approximate surface area is 194 Å². The van der Waals surface area contributed by atoms with Gasteiger partial charge in [0.1, 0.15) is 0 Å². The van der Waals surface area contributed by atoms with E-state index in [9.17, 15) is 9.59 Å². The van der Waals surface area contributed by atoms with Gasteiger partial charge in [-0.25, -0.2) is 0 Å². The zero-order chi connectivity index (χ0) is 23.0. The third-order valence-corrected chi connectivity index (χ3v) is 5.84. The Morgan fingerprint density at radius 2 is 1.58 bits per heavy atom. The molecule has 5 nitrogen and oxygen atoms in total. The molecule has 1 unspecified atom stereocenters.